The number of anilines is 1. The standard InChI is InChI=1S/C24H30N4O3/c1-16(19-14-18(30-3)11-12-22(19)31-4)25-23(29)17-8-7-13-28(15-17)24-26-20-9-5-6-10-21(20)27(24)2/h5-6,9-12,14,16-17H,7-8,13,15H2,1-4H3,(H,25,29)/t16-,17-/m1/s1. The molecule has 4 rings (SSSR count). The molecule has 0 aliphatic carbocycles. The number of aromatic nitrogens is 2. The highest BCUT2D eigenvalue weighted by atomic mass is 16.5. The number of methoxy groups -OCH3 is 2. The number of piperidine rings is 1. The Labute approximate surface area is 183 Å². The molecular weight excluding hydrogens is 392 g/mol. The van der Waals surface area contributed by atoms with E-state index in [1.54, 1.807) is 14.2 Å². The van der Waals surface area contributed by atoms with Gasteiger partial charge in [-0.15, -0.1) is 0 Å². The summed E-state index contributed by atoms with van der Waals surface area (Å²) in [6.07, 6.45) is 1.83. The number of amides is 1. The van der Waals surface area contributed by atoms with Crippen molar-refractivity contribution in [3.63, 3.8) is 0 Å². The van der Waals surface area contributed by atoms with Gasteiger partial charge in [0.05, 0.1) is 37.2 Å². The van der Waals surface area contributed by atoms with Gasteiger partial charge < -0.3 is 24.3 Å². The molecule has 1 aromatic heterocycles. The van der Waals surface area contributed by atoms with Gasteiger partial charge >= 0.3 is 0 Å². The van der Waals surface area contributed by atoms with E-state index in [0.29, 0.717) is 6.54 Å². The Morgan fingerprint density at radius 1 is 1.19 bits per heavy atom. The van der Waals surface area contributed by atoms with E-state index in [2.05, 4.69) is 20.9 Å². The molecule has 164 valence electrons. The van der Waals surface area contributed by atoms with E-state index in [1.165, 1.54) is 0 Å². The number of ether oxygens (including phenoxy) is 2. The number of nitrogens with one attached hydrogen (secondary N) is 1. The van der Waals surface area contributed by atoms with Crippen LogP contribution in [0.25, 0.3) is 11.0 Å². The molecular formula is C24H30N4O3. The van der Waals surface area contributed by atoms with Crippen molar-refractivity contribution in [1.29, 1.82) is 0 Å². The minimum Gasteiger partial charge on any atom is -0.497 e. The Morgan fingerprint density at radius 2 is 2.00 bits per heavy atom. The van der Waals surface area contributed by atoms with E-state index in [9.17, 15) is 4.79 Å². The lowest BCUT2D eigenvalue weighted by atomic mass is 9.96. The molecule has 2 atom stereocenters. The lowest BCUT2D eigenvalue weighted by molar-refractivity contribution is -0.125. The Kier molecular flexibility index (Phi) is 6.02. The SMILES string of the molecule is COc1ccc(OC)c([C@@H](C)NC(=O)[C@@H]2CCCN(c3nc4ccccc4n3C)C2)c1. The molecule has 0 radical (unpaired) electrons. The quantitative estimate of drug-likeness (QED) is 0.656. The largest absolute Gasteiger partial charge is 0.497 e. The fourth-order valence-electron chi connectivity index (χ4n) is 4.38. The van der Waals surface area contributed by atoms with Gasteiger partial charge in [-0.3, -0.25) is 4.79 Å². The van der Waals surface area contributed by atoms with Crippen molar-refractivity contribution in [3.05, 3.63) is 48.0 Å². The van der Waals surface area contributed by atoms with Crippen molar-refractivity contribution in [3.8, 4) is 11.5 Å². The number of imidazole rings is 1. The molecule has 2 heterocycles. The minimum atomic E-state index is -0.191. The second kappa shape index (κ2) is 8.88. The number of carbonyl (C=O) groups is 1. The van der Waals surface area contributed by atoms with Gasteiger partial charge in [0, 0.05) is 25.7 Å². The predicted octanol–water partition coefficient (Wildman–Crippen LogP) is 3.68. The molecule has 0 bridgehead atoms. The molecule has 1 saturated heterocycles. The van der Waals surface area contributed by atoms with E-state index in [-0.39, 0.29) is 17.9 Å². The van der Waals surface area contributed by atoms with Gasteiger partial charge in [0.1, 0.15) is 11.5 Å². The first-order valence-electron chi connectivity index (χ1n) is 10.7. The maximum atomic E-state index is 13.1. The molecule has 1 aliphatic rings. The Morgan fingerprint density at radius 3 is 2.74 bits per heavy atom. The van der Waals surface area contributed by atoms with Crippen LogP contribution < -0.4 is 19.7 Å². The Hall–Kier alpha value is -3.22. The molecule has 0 unspecified atom stereocenters. The number of fused-ring (bicyclic) bond motifs is 1. The number of carbonyl (C=O) groups excluding carboxylic acids is 1. The van der Waals surface area contributed by atoms with Crippen LogP contribution in [0.5, 0.6) is 11.5 Å². The van der Waals surface area contributed by atoms with Gasteiger partial charge in [-0.2, -0.15) is 0 Å². The van der Waals surface area contributed by atoms with Gasteiger partial charge in [-0.05, 0) is 50.1 Å². The number of hydrogen-bond donors (Lipinski definition) is 1. The van der Waals surface area contributed by atoms with Gasteiger partial charge in [0.2, 0.25) is 11.9 Å². The molecule has 1 amide bonds. The van der Waals surface area contributed by atoms with Crippen LogP contribution >= 0.6 is 0 Å². The van der Waals surface area contributed by atoms with E-state index >= 15 is 0 Å². The summed E-state index contributed by atoms with van der Waals surface area (Å²) in [5.74, 6) is 2.36. The average Bonchev–Trinajstić information content (AvgIpc) is 3.15. The van der Waals surface area contributed by atoms with Crippen molar-refractivity contribution in [2.75, 3.05) is 32.2 Å². The minimum absolute atomic E-state index is 0.0563. The number of aryl methyl sites for hydroxylation is 1. The molecule has 1 fully saturated rings. The third-order valence-corrected chi connectivity index (χ3v) is 6.10. The van der Waals surface area contributed by atoms with Gasteiger partial charge in [0.25, 0.3) is 0 Å². The van der Waals surface area contributed by atoms with Crippen LogP contribution in [0.15, 0.2) is 42.5 Å². The maximum Gasteiger partial charge on any atom is 0.225 e. The first kappa shape index (κ1) is 21.0. The van der Waals surface area contributed by atoms with Crippen LogP contribution in [-0.2, 0) is 11.8 Å². The number of benzene rings is 2. The van der Waals surface area contributed by atoms with E-state index in [0.717, 1.165) is 53.4 Å². The molecule has 1 N–H and O–H groups in total. The highest BCUT2D eigenvalue weighted by Gasteiger charge is 2.29. The third-order valence-electron chi connectivity index (χ3n) is 6.10. The Bertz CT molecular complexity index is 1080. The van der Waals surface area contributed by atoms with E-state index in [1.807, 2.05) is 50.4 Å². The average molecular weight is 423 g/mol. The summed E-state index contributed by atoms with van der Waals surface area (Å²) in [6, 6.07) is 13.6. The molecule has 3 aromatic rings. The number of para-hydroxylation sites is 2. The summed E-state index contributed by atoms with van der Waals surface area (Å²) in [5.41, 5.74) is 2.98. The zero-order valence-corrected chi connectivity index (χ0v) is 18.6. The summed E-state index contributed by atoms with van der Waals surface area (Å²) < 4.78 is 12.9. The second-order valence-electron chi connectivity index (χ2n) is 8.08. The van der Waals surface area contributed by atoms with Crippen molar-refractivity contribution >= 4 is 22.9 Å². The van der Waals surface area contributed by atoms with Crippen LogP contribution in [-0.4, -0.2) is 42.8 Å². The second-order valence-corrected chi connectivity index (χ2v) is 8.08. The summed E-state index contributed by atoms with van der Waals surface area (Å²) >= 11 is 0. The topological polar surface area (TPSA) is 68.6 Å². The molecule has 2 aromatic carbocycles. The molecule has 1 aliphatic heterocycles. The van der Waals surface area contributed by atoms with Crippen LogP contribution in [0.2, 0.25) is 0 Å². The van der Waals surface area contributed by atoms with Crippen molar-refractivity contribution in [2.45, 2.75) is 25.8 Å². The third kappa shape index (κ3) is 4.17. The lowest BCUT2D eigenvalue weighted by Crippen LogP contribution is -2.44. The molecule has 7 heteroatoms. The molecule has 0 saturated carbocycles. The zero-order chi connectivity index (χ0) is 22.0. The number of nitrogens with zero attached hydrogens (tertiary/aromatic N) is 3. The first-order valence-corrected chi connectivity index (χ1v) is 10.7. The monoisotopic (exact) mass is 422 g/mol. The fraction of sp³-hybridized carbons (Fsp3) is 0.417. The van der Waals surface area contributed by atoms with Crippen LogP contribution in [0.4, 0.5) is 5.95 Å². The van der Waals surface area contributed by atoms with Crippen molar-refractivity contribution < 1.29 is 14.3 Å². The summed E-state index contributed by atoms with van der Waals surface area (Å²) in [5, 5.41) is 3.18. The number of rotatable bonds is 6. The van der Waals surface area contributed by atoms with Crippen LogP contribution in [0.3, 0.4) is 0 Å². The normalized spacial score (nSPS) is 17.4. The molecule has 7 nitrogen and oxygen atoms in total. The summed E-state index contributed by atoms with van der Waals surface area (Å²) in [6.45, 7) is 3.53. The van der Waals surface area contributed by atoms with Crippen molar-refractivity contribution in [2.24, 2.45) is 13.0 Å². The first-order chi connectivity index (χ1) is 15.0. The van der Waals surface area contributed by atoms with E-state index < -0.39 is 0 Å². The smallest absolute Gasteiger partial charge is 0.225 e. The highest BCUT2D eigenvalue weighted by molar-refractivity contribution is 5.81. The van der Waals surface area contributed by atoms with Crippen molar-refractivity contribution in [1.82, 2.24) is 14.9 Å². The fourth-order valence-corrected chi connectivity index (χ4v) is 4.38. The summed E-state index contributed by atoms with van der Waals surface area (Å²) in [7, 11) is 5.30. The van der Waals surface area contributed by atoms with E-state index in [4.69, 9.17) is 14.5 Å². The number of hydrogen-bond acceptors (Lipinski definition) is 5. The highest BCUT2D eigenvalue weighted by Crippen LogP contribution is 2.30. The van der Waals surface area contributed by atoms with Crippen LogP contribution in [0.1, 0.15) is 31.4 Å². The zero-order valence-electron chi connectivity index (χ0n) is 18.6. The molecule has 31 heavy (non-hydrogen) atoms. The Balaban J connectivity index is 1.48. The lowest BCUT2D eigenvalue weighted by Gasteiger charge is -2.33. The van der Waals surface area contributed by atoms with Gasteiger partial charge in [-0.1, -0.05) is 12.1 Å². The van der Waals surface area contributed by atoms with Gasteiger partial charge in [0.15, 0.2) is 0 Å². The van der Waals surface area contributed by atoms with Crippen LogP contribution in [0, 0.1) is 5.92 Å². The van der Waals surface area contributed by atoms with Gasteiger partial charge in [-0.25, -0.2) is 4.98 Å². The molecule has 0 spiro atoms. The predicted molar refractivity (Wildman–Crippen MR) is 122 cm³/mol. The summed E-state index contributed by atoms with van der Waals surface area (Å²) in [4.78, 5) is 20.2. The maximum absolute atomic E-state index is 13.1.